The molecule has 0 unspecified atom stereocenters. The third-order valence-corrected chi connectivity index (χ3v) is 7.15. The molecule has 0 atom stereocenters. The van der Waals surface area contributed by atoms with Gasteiger partial charge in [-0.15, -0.1) is 0 Å². The summed E-state index contributed by atoms with van der Waals surface area (Å²) < 4.78 is 23.6. The second-order valence-corrected chi connectivity index (χ2v) is 9.85. The van der Waals surface area contributed by atoms with Crippen molar-refractivity contribution in [3.63, 3.8) is 0 Å². The predicted molar refractivity (Wildman–Crippen MR) is 133 cm³/mol. The second kappa shape index (κ2) is 8.33. The fraction of sp³-hybridized carbons (Fsp3) is 0.0435. The van der Waals surface area contributed by atoms with Crippen LogP contribution in [0.1, 0.15) is 11.1 Å². The van der Waals surface area contributed by atoms with Gasteiger partial charge in [-0.3, -0.25) is 4.79 Å². The lowest BCUT2D eigenvalue weighted by molar-refractivity contribution is 0.296. The van der Waals surface area contributed by atoms with E-state index >= 15 is 0 Å². The zero-order valence-corrected chi connectivity index (χ0v) is 20.4. The monoisotopic (exact) mass is 606 g/mol. The summed E-state index contributed by atoms with van der Waals surface area (Å²) in [5.41, 5.74) is 2.89. The van der Waals surface area contributed by atoms with Crippen molar-refractivity contribution in [2.75, 3.05) is 0 Å². The van der Waals surface area contributed by atoms with E-state index in [2.05, 4.69) is 43.5 Å². The Morgan fingerprint density at radius 1 is 1.16 bits per heavy atom. The molecule has 0 radical (unpaired) electrons. The summed E-state index contributed by atoms with van der Waals surface area (Å²) in [5, 5.41) is 0. The molecule has 2 aromatic heterocycles. The highest BCUT2D eigenvalue weighted by Crippen LogP contribution is 2.33. The lowest BCUT2D eigenvalue weighted by Crippen LogP contribution is -2.22. The molecular formula is C23H13BrFIN2O2S. The van der Waals surface area contributed by atoms with E-state index < -0.39 is 0 Å². The first-order chi connectivity index (χ1) is 15.0. The summed E-state index contributed by atoms with van der Waals surface area (Å²) in [7, 11) is 0. The SMILES string of the molecule is O=c1/c(=C/c2cc(Br)c(OCc3ccccc3F)c(I)c2)sc2nc3ccccc3n12. The van der Waals surface area contributed by atoms with E-state index in [0.29, 0.717) is 20.8 Å². The summed E-state index contributed by atoms with van der Waals surface area (Å²) in [6.07, 6.45) is 1.85. The second-order valence-electron chi connectivity index (χ2n) is 6.83. The molecule has 154 valence electrons. The van der Waals surface area contributed by atoms with E-state index in [4.69, 9.17) is 4.74 Å². The van der Waals surface area contributed by atoms with Gasteiger partial charge in [0.25, 0.3) is 5.56 Å². The highest BCUT2D eigenvalue weighted by atomic mass is 127. The van der Waals surface area contributed by atoms with Crippen LogP contribution in [0.5, 0.6) is 5.75 Å². The third kappa shape index (κ3) is 3.88. The van der Waals surface area contributed by atoms with Crippen LogP contribution in [0.25, 0.3) is 22.1 Å². The van der Waals surface area contributed by atoms with Crippen molar-refractivity contribution in [3.8, 4) is 5.75 Å². The highest BCUT2D eigenvalue weighted by molar-refractivity contribution is 14.1. The Morgan fingerprint density at radius 3 is 2.74 bits per heavy atom. The molecule has 0 N–H and O–H groups in total. The molecule has 3 aromatic carbocycles. The summed E-state index contributed by atoms with van der Waals surface area (Å²) in [5.74, 6) is 0.340. The van der Waals surface area contributed by atoms with Gasteiger partial charge < -0.3 is 4.74 Å². The van der Waals surface area contributed by atoms with Crippen molar-refractivity contribution >= 4 is 71.9 Å². The van der Waals surface area contributed by atoms with Crippen molar-refractivity contribution in [2.24, 2.45) is 0 Å². The zero-order chi connectivity index (χ0) is 21.5. The van der Waals surface area contributed by atoms with Crippen LogP contribution >= 0.6 is 49.9 Å². The molecule has 0 spiro atoms. The number of aromatic nitrogens is 2. The number of rotatable bonds is 4. The average molecular weight is 607 g/mol. The van der Waals surface area contributed by atoms with Gasteiger partial charge in [0, 0.05) is 5.56 Å². The minimum atomic E-state index is -0.295. The molecule has 0 fully saturated rings. The van der Waals surface area contributed by atoms with Crippen LogP contribution in [-0.4, -0.2) is 9.38 Å². The Hall–Kier alpha value is -2.30. The van der Waals surface area contributed by atoms with Gasteiger partial charge in [-0.25, -0.2) is 13.8 Å². The number of halogens is 3. The first-order valence-electron chi connectivity index (χ1n) is 9.28. The molecule has 0 bridgehead atoms. The number of para-hydroxylation sites is 2. The first kappa shape index (κ1) is 20.6. The van der Waals surface area contributed by atoms with Crippen LogP contribution in [0, 0.1) is 9.39 Å². The minimum absolute atomic E-state index is 0.0836. The first-order valence-corrected chi connectivity index (χ1v) is 12.0. The van der Waals surface area contributed by atoms with Gasteiger partial charge in [-0.2, -0.15) is 0 Å². The maximum Gasteiger partial charge on any atom is 0.274 e. The summed E-state index contributed by atoms with van der Waals surface area (Å²) in [4.78, 5) is 18.2. The molecule has 0 aliphatic carbocycles. The zero-order valence-electron chi connectivity index (χ0n) is 15.8. The number of imidazole rings is 1. The van der Waals surface area contributed by atoms with Gasteiger partial charge in [-0.05, 0) is 80.5 Å². The van der Waals surface area contributed by atoms with Crippen molar-refractivity contribution in [3.05, 3.63) is 101 Å². The summed E-state index contributed by atoms with van der Waals surface area (Å²) >= 11 is 7.09. The van der Waals surface area contributed by atoms with Crippen LogP contribution in [0.15, 0.2) is 69.9 Å². The Morgan fingerprint density at radius 2 is 1.94 bits per heavy atom. The van der Waals surface area contributed by atoms with E-state index in [0.717, 1.165) is 24.6 Å². The quantitative estimate of drug-likeness (QED) is 0.252. The molecule has 5 rings (SSSR count). The van der Waals surface area contributed by atoms with E-state index in [-0.39, 0.29) is 18.0 Å². The van der Waals surface area contributed by atoms with Crippen molar-refractivity contribution < 1.29 is 9.13 Å². The van der Waals surface area contributed by atoms with Crippen molar-refractivity contribution in [2.45, 2.75) is 6.61 Å². The predicted octanol–water partition coefficient (Wildman–Crippen LogP) is 5.54. The molecule has 0 saturated heterocycles. The number of hydrogen-bond donors (Lipinski definition) is 0. The van der Waals surface area contributed by atoms with Crippen molar-refractivity contribution in [1.82, 2.24) is 9.38 Å². The number of ether oxygens (including phenoxy) is 1. The molecule has 0 amide bonds. The molecule has 0 saturated carbocycles. The molecule has 0 aliphatic heterocycles. The Kier molecular flexibility index (Phi) is 5.53. The third-order valence-electron chi connectivity index (χ3n) is 4.79. The van der Waals surface area contributed by atoms with Gasteiger partial charge in [0.15, 0.2) is 4.96 Å². The summed E-state index contributed by atoms with van der Waals surface area (Å²) in [6, 6.07) is 18.0. The number of benzene rings is 3. The smallest absolute Gasteiger partial charge is 0.274 e. The van der Waals surface area contributed by atoms with Crippen LogP contribution in [0.4, 0.5) is 4.39 Å². The van der Waals surface area contributed by atoms with E-state index in [1.165, 1.54) is 17.4 Å². The molecule has 5 aromatic rings. The molecular weight excluding hydrogens is 594 g/mol. The molecule has 4 nitrogen and oxygen atoms in total. The molecule has 8 heteroatoms. The maximum absolute atomic E-state index is 13.9. The van der Waals surface area contributed by atoms with Crippen LogP contribution in [0.2, 0.25) is 0 Å². The minimum Gasteiger partial charge on any atom is -0.486 e. The van der Waals surface area contributed by atoms with E-state index in [1.807, 2.05) is 42.5 Å². The average Bonchev–Trinajstić information content (AvgIpc) is 3.25. The van der Waals surface area contributed by atoms with Gasteiger partial charge >= 0.3 is 0 Å². The lowest BCUT2D eigenvalue weighted by Gasteiger charge is -2.12. The van der Waals surface area contributed by atoms with E-state index in [1.54, 1.807) is 22.6 Å². The maximum atomic E-state index is 13.9. The normalized spacial score (nSPS) is 12.2. The molecule has 2 heterocycles. The van der Waals surface area contributed by atoms with Gasteiger partial charge in [0.2, 0.25) is 0 Å². The molecule has 31 heavy (non-hydrogen) atoms. The highest BCUT2D eigenvalue weighted by Gasteiger charge is 2.13. The number of hydrogen-bond acceptors (Lipinski definition) is 4. The van der Waals surface area contributed by atoms with Crippen LogP contribution in [-0.2, 0) is 6.61 Å². The topological polar surface area (TPSA) is 43.6 Å². The molecule has 0 aliphatic rings. The van der Waals surface area contributed by atoms with Gasteiger partial charge in [0.05, 0.1) is 23.6 Å². The van der Waals surface area contributed by atoms with Crippen molar-refractivity contribution in [1.29, 1.82) is 0 Å². The van der Waals surface area contributed by atoms with Gasteiger partial charge in [-0.1, -0.05) is 41.7 Å². The lowest BCUT2D eigenvalue weighted by atomic mass is 10.2. The van der Waals surface area contributed by atoms with Crippen LogP contribution in [0.3, 0.4) is 0 Å². The Bertz CT molecular complexity index is 1540. The van der Waals surface area contributed by atoms with E-state index in [9.17, 15) is 9.18 Å². The Labute approximate surface area is 202 Å². The number of nitrogens with zero attached hydrogens (tertiary/aromatic N) is 2. The standard InChI is InChI=1S/C23H13BrFIN2O2S/c24-15-9-13(10-17(26)21(15)30-12-14-5-1-2-6-16(14)25)11-20-22(29)28-19-8-4-3-7-18(19)27-23(28)31-20/h1-11H,12H2/b20-11-. The Balaban J connectivity index is 1.50. The van der Waals surface area contributed by atoms with Gasteiger partial charge in [0.1, 0.15) is 18.2 Å². The number of fused-ring (bicyclic) bond motifs is 3. The fourth-order valence-corrected chi connectivity index (χ4v) is 6.09. The fourth-order valence-electron chi connectivity index (χ4n) is 3.33. The summed E-state index contributed by atoms with van der Waals surface area (Å²) in [6.45, 7) is 0.129. The number of thiazole rings is 1. The van der Waals surface area contributed by atoms with Crippen LogP contribution < -0.4 is 14.8 Å². The largest absolute Gasteiger partial charge is 0.486 e.